The maximum absolute atomic E-state index is 12.9. The SMILES string of the molecule is CC(C)n1nccc1NC(=O)[C@H](C)OC(=O)c1ccc(S(=O)(=O)N2C[C@@H](C)O[C@H](C)C2)cc1. The Morgan fingerprint density at radius 3 is 2.27 bits per heavy atom. The maximum atomic E-state index is 12.9. The van der Waals surface area contributed by atoms with Gasteiger partial charge in [-0.05, 0) is 58.9 Å². The third kappa shape index (κ3) is 5.79. The van der Waals surface area contributed by atoms with E-state index in [1.165, 1.54) is 35.5 Å². The summed E-state index contributed by atoms with van der Waals surface area (Å²) in [5.41, 5.74) is 0.143. The van der Waals surface area contributed by atoms with Crippen LogP contribution in [0.2, 0.25) is 0 Å². The molecule has 0 aliphatic carbocycles. The number of morpholine rings is 1. The molecular weight excluding hydrogens is 448 g/mol. The van der Waals surface area contributed by atoms with E-state index in [-0.39, 0.29) is 41.8 Å². The summed E-state index contributed by atoms with van der Waals surface area (Å²) >= 11 is 0. The summed E-state index contributed by atoms with van der Waals surface area (Å²) in [6.45, 7) is 9.49. The smallest absolute Gasteiger partial charge is 0.338 e. The lowest BCUT2D eigenvalue weighted by atomic mass is 10.2. The van der Waals surface area contributed by atoms with Gasteiger partial charge in [-0.2, -0.15) is 9.40 Å². The molecule has 11 heteroatoms. The number of amides is 1. The molecule has 33 heavy (non-hydrogen) atoms. The van der Waals surface area contributed by atoms with Crippen LogP contribution in [0.1, 0.15) is 51.0 Å². The number of ether oxygens (including phenoxy) is 2. The van der Waals surface area contributed by atoms with Gasteiger partial charge in [-0.3, -0.25) is 4.79 Å². The van der Waals surface area contributed by atoms with Crippen molar-refractivity contribution in [3.05, 3.63) is 42.1 Å². The first-order valence-electron chi connectivity index (χ1n) is 10.8. The number of hydrogen-bond acceptors (Lipinski definition) is 7. The van der Waals surface area contributed by atoms with Crippen molar-refractivity contribution in [2.45, 2.75) is 63.9 Å². The Labute approximate surface area is 193 Å². The van der Waals surface area contributed by atoms with Crippen molar-refractivity contribution < 1.29 is 27.5 Å². The first kappa shape index (κ1) is 24.9. The van der Waals surface area contributed by atoms with E-state index in [0.29, 0.717) is 5.82 Å². The van der Waals surface area contributed by atoms with Crippen molar-refractivity contribution >= 4 is 27.7 Å². The van der Waals surface area contributed by atoms with Crippen LogP contribution in [0.3, 0.4) is 0 Å². The van der Waals surface area contributed by atoms with E-state index in [0.717, 1.165) is 0 Å². The summed E-state index contributed by atoms with van der Waals surface area (Å²) in [4.78, 5) is 25.0. The molecule has 1 fully saturated rings. The van der Waals surface area contributed by atoms with E-state index in [2.05, 4.69) is 10.4 Å². The highest BCUT2D eigenvalue weighted by atomic mass is 32.2. The highest BCUT2D eigenvalue weighted by molar-refractivity contribution is 7.89. The van der Waals surface area contributed by atoms with E-state index < -0.39 is 28.0 Å². The van der Waals surface area contributed by atoms with Gasteiger partial charge in [0.2, 0.25) is 10.0 Å². The predicted molar refractivity (Wildman–Crippen MR) is 121 cm³/mol. The molecule has 0 bridgehead atoms. The van der Waals surface area contributed by atoms with Gasteiger partial charge in [0.25, 0.3) is 5.91 Å². The molecule has 3 atom stereocenters. The number of carbonyl (C=O) groups excluding carboxylic acids is 2. The maximum Gasteiger partial charge on any atom is 0.338 e. The standard InChI is InChI=1S/C22H30N4O6S/c1-14(2)26-20(10-11-23-26)24-21(27)17(5)32-22(28)18-6-8-19(9-7-18)33(29,30)25-12-15(3)31-16(4)13-25/h6-11,14-17H,12-13H2,1-5H3,(H,24,27)/t15-,16-,17+/m1/s1. The number of hydrogen-bond donors (Lipinski definition) is 1. The molecule has 180 valence electrons. The summed E-state index contributed by atoms with van der Waals surface area (Å²) in [6.07, 6.45) is 0.0991. The van der Waals surface area contributed by atoms with Gasteiger partial charge in [-0.1, -0.05) is 0 Å². The average molecular weight is 479 g/mol. The van der Waals surface area contributed by atoms with Gasteiger partial charge >= 0.3 is 5.97 Å². The minimum Gasteiger partial charge on any atom is -0.449 e. The number of rotatable bonds is 7. The zero-order valence-corrected chi connectivity index (χ0v) is 20.2. The lowest BCUT2D eigenvalue weighted by molar-refractivity contribution is -0.123. The zero-order chi connectivity index (χ0) is 24.3. The van der Waals surface area contributed by atoms with Crippen molar-refractivity contribution in [2.75, 3.05) is 18.4 Å². The lowest BCUT2D eigenvalue weighted by Gasteiger charge is -2.34. The van der Waals surface area contributed by atoms with Crippen molar-refractivity contribution in [1.29, 1.82) is 0 Å². The predicted octanol–water partition coefficient (Wildman–Crippen LogP) is 2.45. The summed E-state index contributed by atoms with van der Waals surface area (Å²) in [6, 6.07) is 7.18. The molecule has 1 saturated heterocycles. The average Bonchev–Trinajstić information content (AvgIpc) is 3.21. The van der Waals surface area contributed by atoms with Crippen molar-refractivity contribution in [1.82, 2.24) is 14.1 Å². The summed E-state index contributed by atoms with van der Waals surface area (Å²) in [5, 5.41) is 6.83. The fourth-order valence-electron chi connectivity index (χ4n) is 3.57. The zero-order valence-electron chi connectivity index (χ0n) is 19.4. The molecule has 0 saturated carbocycles. The number of anilines is 1. The molecule has 1 amide bonds. The van der Waals surface area contributed by atoms with Gasteiger partial charge in [0.1, 0.15) is 5.82 Å². The molecule has 0 spiro atoms. The molecule has 0 unspecified atom stereocenters. The summed E-state index contributed by atoms with van der Waals surface area (Å²) in [7, 11) is -3.72. The molecule has 1 N–H and O–H groups in total. The third-order valence-corrected chi connectivity index (χ3v) is 7.02. The van der Waals surface area contributed by atoms with E-state index in [1.807, 2.05) is 27.7 Å². The van der Waals surface area contributed by atoms with Crippen LogP contribution >= 0.6 is 0 Å². The third-order valence-electron chi connectivity index (χ3n) is 5.18. The Bertz CT molecular complexity index is 1090. The fourth-order valence-corrected chi connectivity index (χ4v) is 5.16. The highest BCUT2D eigenvalue weighted by Crippen LogP contribution is 2.22. The van der Waals surface area contributed by atoms with Gasteiger partial charge in [-0.15, -0.1) is 0 Å². The van der Waals surface area contributed by atoms with E-state index in [1.54, 1.807) is 16.9 Å². The van der Waals surface area contributed by atoms with Gasteiger partial charge < -0.3 is 14.8 Å². The number of sulfonamides is 1. The molecular formula is C22H30N4O6S. The minimum absolute atomic E-state index is 0.0480. The monoisotopic (exact) mass is 478 g/mol. The summed E-state index contributed by atoms with van der Waals surface area (Å²) < 4.78 is 39.8. The topological polar surface area (TPSA) is 120 Å². The van der Waals surface area contributed by atoms with Gasteiger partial charge in [-0.25, -0.2) is 17.9 Å². The van der Waals surface area contributed by atoms with Crippen LogP contribution in [-0.2, 0) is 24.3 Å². The largest absolute Gasteiger partial charge is 0.449 e. The van der Waals surface area contributed by atoms with Crippen LogP contribution in [0.5, 0.6) is 0 Å². The van der Waals surface area contributed by atoms with Crippen LogP contribution in [0.15, 0.2) is 41.4 Å². The first-order valence-corrected chi connectivity index (χ1v) is 12.2. The van der Waals surface area contributed by atoms with Gasteiger partial charge in [0.05, 0.1) is 28.9 Å². The summed E-state index contributed by atoms with van der Waals surface area (Å²) in [5.74, 6) is -0.729. The molecule has 1 aliphatic heterocycles. The Hall–Kier alpha value is -2.76. The number of nitrogens with zero attached hydrogens (tertiary/aromatic N) is 3. The van der Waals surface area contributed by atoms with E-state index in [9.17, 15) is 18.0 Å². The minimum atomic E-state index is -3.72. The van der Waals surface area contributed by atoms with Crippen LogP contribution in [-0.4, -0.2) is 65.8 Å². The van der Waals surface area contributed by atoms with Crippen molar-refractivity contribution in [3.63, 3.8) is 0 Å². The Morgan fingerprint density at radius 2 is 1.70 bits per heavy atom. The Balaban J connectivity index is 1.64. The fraction of sp³-hybridized carbons (Fsp3) is 0.500. The molecule has 1 aliphatic rings. The number of benzene rings is 1. The number of esters is 1. The number of carbonyl (C=O) groups is 2. The quantitative estimate of drug-likeness (QED) is 0.607. The second kappa shape index (κ2) is 10.0. The molecule has 1 aromatic carbocycles. The molecule has 3 rings (SSSR count). The van der Waals surface area contributed by atoms with Crippen LogP contribution in [0.25, 0.3) is 0 Å². The second-order valence-electron chi connectivity index (χ2n) is 8.40. The molecule has 2 heterocycles. The van der Waals surface area contributed by atoms with E-state index in [4.69, 9.17) is 9.47 Å². The number of aromatic nitrogens is 2. The molecule has 0 radical (unpaired) electrons. The van der Waals surface area contributed by atoms with Crippen LogP contribution in [0.4, 0.5) is 5.82 Å². The normalized spacial score (nSPS) is 20.4. The Morgan fingerprint density at radius 1 is 1.09 bits per heavy atom. The Kier molecular flexibility index (Phi) is 7.55. The van der Waals surface area contributed by atoms with Crippen LogP contribution in [0, 0.1) is 0 Å². The molecule has 1 aromatic heterocycles. The van der Waals surface area contributed by atoms with Crippen LogP contribution < -0.4 is 5.32 Å². The highest BCUT2D eigenvalue weighted by Gasteiger charge is 2.32. The number of nitrogens with one attached hydrogen (secondary N) is 1. The molecule has 10 nitrogen and oxygen atoms in total. The first-order chi connectivity index (χ1) is 15.5. The molecule has 2 aromatic rings. The van der Waals surface area contributed by atoms with E-state index >= 15 is 0 Å². The van der Waals surface area contributed by atoms with Crippen molar-refractivity contribution in [3.8, 4) is 0 Å². The van der Waals surface area contributed by atoms with Gasteiger partial charge in [0, 0.05) is 25.2 Å². The van der Waals surface area contributed by atoms with Gasteiger partial charge in [0.15, 0.2) is 6.10 Å². The second-order valence-corrected chi connectivity index (χ2v) is 10.3. The lowest BCUT2D eigenvalue weighted by Crippen LogP contribution is -2.48. The van der Waals surface area contributed by atoms with Crippen molar-refractivity contribution in [2.24, 2.45) is 0 Å².